The number of rotatable bonds is 5. The van der Waals surface area contributed by atoms with Crippen LogP contribution in [0.15, 0.2) is 54.0 Å². The molecule has 0 spiro atoms. The van der Waals surface area contributed by atoms with E-state index in [9.17, 15) is 19.7 Å². The lowest BCUT2D eigenvalue weighted by Crippen LogP contribution is -2.13. The second kappa shape index (κ2) is 7.76. The second-order valence-corrected chi connectivity index (χ2v) is 7.12. The number of carbonyl (C=O) groups is 2. The Bertz CT molecular complexity index is 1290. The molecule has 4 rings (SSSR count). The van der Waals surface area contributed by atoms with E-state index in [0.717, 1.165) is 35.7 Å². The van der Waals surface area contributed by atoms with Gasteiger partial charge in [-0.2, -0.15) is 0 Å². The number of nitro groups is 1. The molecule has 0 fully saturated rings. The fourth-order valence-corrected chi connectivity index (χ4v) is 3.70. The third-order valence-corrected chi connectivity index (χ3v) is 5.16. The van der Waals surface area contributed by atoms with Crippen molar-refractivity contribution in [1.82, 2.24) is 9.97 Å². The van der Waals surface area contributed by atoms with Gasteiger partial charge in [0.15, 0.2) is 5.13 Å². The summed E-state index contributed by atoms with van der Waals surface area (Å²) >= 11 is 1.22. The number of anilines is 1. The second-order valence-electron chi connectivity index (χ2n) is 6.26. The van der Waals surface area contributed by atoms with Crippen LogP contribution in [0.5, 0.6) is 0 Å². The number of fused-ring (bicyclic) bond motifs is 1. The minimum Gasteiger partial charge on any atom is -0.465 e. The standard InChI is InChI=1S/C20H14N4O5S/c1-29-19(26)12-6-11(7-13(8-12)24(27)28)18(25)23-20-22-17(10-30-20)15-9-21-16-5-3-2-4-14(15)16/h2-10,21H,1H3,(H,22,23,25). The summed E-state index contributed by atoms with van der Waals surface area (Å²) in [4.78, 5) is 42.5. The summed E-state index contributed by atoms with van der Waals surface area (Å²) in [6, 6.07) is 11.2. The molecule has 2 N–H and O–H groups in total. The molecule has 0 radical (unpaired) electrons. The van der Waals surface area contributed by atoms with E-state index in [4.69, 9.17) is 0 Å². The van der Waals surface area contributed by atoms with E-state index < -0.39 is 16.8 Å². The number of hydrogen-bond donors (Lipinski definition) is 2. The summed E-state index contributed by atoms with van der Waals surface area (Å²) in [5.41, 5.74) is 2.02. The van der Waals surface area contributed by atoms with Crippen LogP contribution in [0.2, 0.25) is 0 Å². The van der Waals surface area contributed by atoms with E-state index in [0.29, 0.717) is 10.8 Å². The Morgan fingerprint density at radius 2 is 1.97 bits per heavy atom. The molecule has 0 unspecified atom stereocenters. The molecule has 0 atom stereocenters. The van der Waals surface area contributed by atoms with Crippen LogP contribution in [0.4, 0.5) is 10.8 Å². The number of amides is 1. The van der Waals surface area contributed by atoms with Gasteiger partial charge in [0.1, 0.15) is 0 Å². The largest absolute Gasteiger partial charge is 0.465 e. The van der Waals surface area contributed by atoms with E-state index in [1.54, 1.807) is 5.38 Å². The van der Waals surface area contributed by atoms with Crippen molar-refractivity contribution in [2.75, 3.05) is 12.4 Å². The third-order valence-electron chi connectivity index (χ3n) is 4.40. The predicted molar refractivity (Wildman–Crippen MR) is 112 cm³/mol. The molecule has 0 aliphatic carbocycles. The lowest BCUT2D eigenvalue weighted by molar-refractivity contribution is -0.384. The van der Waals surface area contributed by atoms with Gasteiger partial charge in [0, 0.05) is 45.7 Å². The van der Waals surface area contributed by atoms with Crippen molar-refractivity contribution in [2.45, 2.75) is 0 Å². The maximum atomic E-state index is 12.6. The quantitative estimate of drug-likeness (QED) is 0.281. The van der Waals surface area contributed by atoms with Crippen LogP contribution in [-0.2, 0) is 4.74 Å². The minimum absolute atomic E-state index is 0.0477. The summed E-state index contributed by atoms with van der Waals surface area (Å²) in [6.07, 6.45) is 1.84. The summed E-state index contributed by atoms with van der Waals surface area (Å²) in [6.45, 7) is 0. The summed E-state index contributed by atoms with van der Waals surface area (Å²) in [5, 5.41) is 16.9. The number of hydrogen-bond acceptors (Lipinski definition) is 7. The zero-order valence-electron chi connectivity index (χ0n) is 15.5. The number of non-ortho nitro benzene ring substituents is 1. The highest BCUT2D eigenvalue weighted by atomic mass is 32.1. The Labute approximate surface area is 173 Å². The molecular formula is C20H14N4O5S. The van der Waals surface area contributed by atoms with E-state index in [1.165, 1.54) is 17.4 Å². The Hall–Kier alpha value is -4.05. The Morgan fingerprint density at radius 3 is 2.73 bits per heavy atom. The predicted octanol–water partition coefficient (Wildman–Crippen LogP) is 4.24. The number of H-pyrrole nitrogens is 1. The summed E-state index contributed by atoms with van der Waals surface area (Å²) in [7, 11) is 1.16. The van der Waals surface area contributed by atoms with E-state index in [1.807, 2.05) is 30.5 Å². The number of esters is 1. The molecule has 1 amide bonds. The Morgan fingerprint density at radius 1 is 1.20 bits per heavy atom. The van der Waals surface area contributed by atoms with Gasteiger partial charge in [0.05, 0.1) is 23.3 Å². The zero-order valence-corrected chi connectivity index (χ0v) is 16.4. The van der Waals surface area contributed by atoms with Crippen molar-refractivity contribution < 1.29 is 19.2 Å². The third kappa shape index (κ3) is 3.63. The molecule has 30 heavy (non-hydrogen) atoms. The molecular weight excluding hydrogens is 408 g/mol. The first-order chi connectivity index (χ1) is 14.5. The Kier molecular flexibility index (Phi) is 4.98. The summed E-state index contributed by atoms with van der Waals surface area (Å²) in [5.74, 6) is -1.40. The van der Waals surface area contributed by atoms with E-state index in [2.05, 4.69) is 20.0 Å². The average molecular weight is 422 g/mol. The van der Waals surface area contributed by atoms with Gasteiger partial charge in [-0.15, -0.1) is 11.3 Å². The molecule has 2 aromatic heterocycles. The molecule has 4 aromatic rings. The lowest BCUT2D eigenvalue weighted by Gasteiger charge is -2.05. The van der Waals surface area contributed by atoms with Crippen molar-refractivity contribution in [3.63, 3.8) is 0 Å². The topological polar surface area (TPSA) is 127 Å². The molecule has 9 nitrogen and oxygen atoms in total. The van der Waals surface area contributed by atoms with Gasteiger partial charge < -0.3 is 9.72 Å². The number of benzene rings is 2. The first-order valence-corrected chi connectivity index (χ1v) is 9.55. The SMILES string of the molecule is COC(=O)c1cc(C(=O)Nc2nc(-c3c[nH]c4ccccc34)cs2)cc([N+](=O)[O-])c1. The first-order valence-electron chi connectivity index (χ1n) is 8.67. The molecule has 2 heterocycles. The molecule has 0 bridgehead atoms. The average Bonchev–Trinajstić information content (AvgIpc) is 3.39. The van der Waals surface area contributed by atoms with Crippen molar-refractivity contribution in [1.29, 1.82) is 0 Å². The highest BCUT2D eigenvalue weighted by Crippen LogP contribution is 2.31. The number of nitro benzene ring substituents is 1. The number of carbonyl (C=O) groups excluding carboxylic acids is 2. The lowest BCUT2D eigenvalue weighted by atomic mass is 10.1. The highest BCUT2D eigenvalue weighted by molar-refractivity contribution is 7.14. The fourth-order valence-electron chi connectivity index (χ4n) is 2.99. The smallest absolute Gasteiger partial charge is 0.338 e. The van der Waals surface area contributed by atoms with Gasteiger partial charge in [-0.3, -0.25) is 20.2 Å². The van der Waals surface area contributed by atoms with Crippen LogP contribution in [0.3, 0.4) is 0 Å². The van der Waals surface area contributed by atoms with Crippen LogP contribution >= 0.6 is 11.3 Å². The van der Waals surface area contributed by atoms with Crippen LogP contribution in [-0.4, -0.2) is 33.9 Å². The molecule has 0 saturated heterocycles. The number of nitrogens with one attached hydrogen (secondary N) is 2. The van der Waals surface area contributed by atoms with Crippen molar-refractivity contribution in [3.05, 3.63) is 75.3 Å². The van der Waals surface area contributed by atoms with Crippen LogP contribution < -0.4 is 5.32 Å². The fraction of sp³-hybridized carbons (Fsp3) is 0.0500. The number of aromatic amines is 1. The molecule has 0 aliphatic heterocycles. The van der Waals surface area contributed by atoms with Gasteiger partial charge in [-0.05, 0) is 12.1 Å². The molecule has 0 saturated carbocycles. The maximum absolute atomic E-state index is 12.6. The number of aromatic nitrogens is 2. The molecule has 0 aliphatic rings. The molecule has 2 aromatic carbocycles. The normalized spacial score (nSPS) is 10.7. The minimum atomic E-state index is -0.774. The van der Waals surface area contributed by atoms with Crippen LogP contribution in [0.25, 0.3) is 22.2 Å². The first kappa shape index (κ1) is 19.3. The highest BCUT2D eigenvalue weighted by Gasteiger charge is 2.19. The van der Waals surface area contributed by atoms with Gasteiger partial charge in [-0.25, -0.2) is 9.78 Å². The monoisotopic (exact) mass is 422 g/mol. The van der Waals surface area contributed by atoms with Crippen LogP contribution in [0, 0.1) is 10.1 Å². The van der Waals surface area contributed by atoms with Crippen molar-refractivity contribution in [3.8, 4) is 11.3 Å². The van der Waals surface area contributed by atoms with Crippen molar-refractivity contribution in [2.24, 2.45) is 0 Å². The van der Waals surface area contributed by atoms with Gasteiger partial charge >= 0.3 is 5.97 Å². The number of nitrogens with zero attached hydrogens (tertiary/aromatic N) is 2. The zero-order chi connectivity index (χ0) is 21.3. The summed E-state index contributed by atoms with van der Waals surface area (Å²) < 4.78 is 4.60. The number of para-hydroxylation sites is 1. The number of ether oxygens (including phenoxy) is 1. The van der Waals surface area contributed by atoms with E-state index >= 15 is 0 Å². The van der Waals surface area contributed by atoms with Gasteiger partial charge in [-0.1, -0.05) is 18.2 Å². The van der Waals surface area contributed by atoms with E-state index in [-0.39, 0.29) is 16.8 Å². The Balaban J connectivity index is 1.61. The molecule has 150 valence electrons. The van der Waals surface area contributed by atoms with Gasteiger partial charge in [0.25, 0.3) is 11.6 Å². The molecule has 10 heteroatoms. The maximum Gasteiger partial charge on any atom is 0.338 e. The van der Waals surface area contributed by atoms with Crippen molar-refractivity contribution >= 4 is 44.9 Å². The van der Waals surface area contributed by atoms with Gasteiger partial charge in [0.2, 0.25) is 0 Å². The van der Waals surface area contributed by atoms with Crippen LogP contribution in [0.1, 0.15) is 20.7 Å². The number of methoxy groups -OCH3 is 1. The number of thiazole rings is 1.